The zero-order chi connectivity index (χ0) is 8.48. The Hall–Kier alpha value is -0.0800. The molecule has 66 valence electrons. The summed E-state index contributed by atoms with van der Waals surface area (Å²) in [6.45, 7) is 6.57. The first kappa shape index (κ1) is 9.01. The lowest BCUT2D eigenvalue weighted by Crippen LogP contribution is -2.51. The highest BCUT2D eigenvalue weighted by Crippen LogP contribution is 2.33. The molecule has 2 heteroatoms. The lowest BCUT2D eigenvalue weighted by atomic mass is 9.84. The van der Waals surface area contributed by atoms with Crippen molar-refractivity contribution in [2.75, 3.05) is 20.1 Å². The summed E-state index contributed by atoms with van der Waals surface area (Å²) in [4.78, 5) is 2.43. The maximum atomic E-state index is 5.82. The van der Waals surface area contributed by atoms with Crippen LogP contribution in [0.4, 0.5) is 0 Å². The van der Waals surface area contributed by atoms with Gasteiger partial charge in [0.25, 0.3) is 0 Å². The third-order valence-corrected chi connectivity index (χ3v) is 3.29. The van der Waals surface area contributed by atoms with E-state index in [0.717, 1.165) is 6.54 Å². The van der Waals surface area contributed by atoms with Crippen LogP contribution < -0.4 is 5.73 Å². The molecule has 0 aromatic rings. The Kier molecular flexibility index (Phi) is 2.55. The number of rotatable bonds is 2. The summed E-state index contributed by atoms with van der Waals surface area (Å²) in [7, 11) is 2.19. The summed E-state index contributed by atoms with van der Waals surface area (Å²) < 4.78 is 0. The Morgan fingerprint density at radius 1 is 1.55 bits per heavy atom. The molecule has 0 spiro atoms. The highest BCUT2D eigenvalue weighted by Gasteiger charge is 2.39. The number of likely N-dealkylation sites (tertiary alicyclic amines) is 1. The maximum Gasteiger partial charge on any atom is 0.0352 e. The molecule has 1 atom stereocenters. The second-order valence-corrected chi connectivity index (χ2v) is 3.99. The fraction of sp³-hybridized carbons (Fsp3) is 1.00. The fourth-order valence-corrected chi connectivity index (χ4v) is 2.26. The molecule has 0 saturated carbocycles. The largest absolute Gasteiger partial charge is 0.329 e. The average Bonchev–Trinajstić information content (AvgIpc) is 2.32. The van der Waals surface area contributed by atoms with Crippen LogP contribution in [0.2, 0.25) is 0 Å². The van der Waals surface area contributed by atoms with E-state index in [9.17, 15) is 0 Å². The fourth-order valence-electron chi connectivity index (χ4n) is 2.26. The van der Waals surface area contributed by atoms with Crippen molar-refractivity contribution in [1.29, 1.82) is 0 Å². The smallest absolute Gasteiger partial charge is 0.0352 e. The van der Waals surface area contributed by atoms with Gasteiger partial charge in [0.1, 0.15) is 0 Å². The van der Waals surface area contributed by atoms with E-state index in [-0.39, 0.29) is 0 Å². The quantitative estimate of drug-likeness (QED) is 0.648. The van der Waals surface area contributed by atoms with Crippen molar-refractivity contribution >= 4 is 0 Å². The second-order valence-electron chi connectivity index (χ2n) is 3.99. The zero-order valence-corrected chi connectivity index (χ0v) is 7.93. The first-order valence-electron chi connectivity index (χ1n) is 4.55. The molecule has 1 rings (SSSR count). The van der Waals surface area contributed by atoms with Gasteiger partial charge in [-0.1, -0.05) is 13.8 Å². The average molecular weight is 156 g/mol. The predicted octanol–water partition coefficient (Wildman–Crippen LogP) is 1.07. The van der Waals surface area contributed by atoms with Crippen LogP contribution in [-0.4, -0.2) is 30.6 Å². The maximum absolute atomic E-state index is 5.82. The number of nitrogens with zero attached hydrogens (tertiary/aromatic N) is 1. The molecule has 0 bridgehead atoms. The number of likely N-dealkylation sites (N-methyl/N-ethyl adjacent to an activating group) is 1. The molecular formula is C9H20N2. The van der Waals surface area contributed by atoms with Gasteiger partial charge in [-0.25, -0.2) is 0 Å². The van der Waals surface area contributed by atoms with Crippen molar-refractivity contribution in [3.8, 4) is 0 Å². The van der Waals surface area contributed by atoms with Crippen molar-refractivity contribution < 1.29 is 0 Å². The van der Waals surface area contributed by atoms with Crippen molar-refractivity contribution in [1.82, 2.24) is 4.90 Å². The summed E-state index contributed by atoms with van der Waals surface area (Å²) >= 11 is 0. The van der Waals surface area contributed by atoms with E-state index in [1.807, 2.05) is 0 Å². The Morgan fingerprint density at radius 2 is 2.18 bits per heavy atom. The predicted molar refractivity (Wildman–Crippen MR) is 48.5 cm³/mol. The molecule has 1 fully saturated rings. The van der Waals surface area contributed by atoms with Crippen LogP contribution in [0.15, 0.2) is 0 Å². The van der Waals surface area contributed by atoms with Gasteiger partial charge in [0.2, 0.25) is 0 Å². The highest BCUT2D eigenvalue weighted by molar-refractivity contribution is 4.97. The van der Waals surface area contributed by atoms with E-state index in [4.69, 9.17) is 5.73 Å². The third-order valence-electron chi connectivity index (χ3n) is 3.29. The molecule has 0 radical (unpaired) electrons. The summed E-state index contributed by atoms with van der Waals surface area (Å²) in [5.41, 5.74) is 6.12. The standard InChI is InChI=1S/C9H20N2/c1-8(2)9(7-10)5-4-6-11(9)3/h8H,4-7,10H2,1-3H3. The molecule has 1 saturated heterocycles. The van der Waals surface area contributed by atoms with Gasteiger partial charge in [0.05, 0.1) is 0 Å². The van der Waals surface area contributed by atoms with Gasteiger partial charge in [-0.3, -0.25) is 4.90 Å². The Bertz CT molecular complexity index is 134. The van der Waals surface area contributed by atoms with E-state index in [0.29, 0.717) is 11.5 Å². The molecule has 0 aromatic heterocycles. The lowest BCUT2D eigenvalue weighted by molar-refractivity contribution is 0.124. The minimum absolute atomic E-state index is 0.306. The van der Waals surface area contributed by atoms with Crippen LogP contribution in [0.1, 0.15) is 26.7 Å². The van der Waals surface area contributed by atoms with E-state index in [2.05, 4.69) is 25.8 Å². The van der Waals surface area contributed by atoms with Crippen LogP contribution >= 0.6 is 0 Å². The normalized spacial score (nSPS) is 33.5. The van der Waals surface area contributed by atoms with Crippen molar-refractivity contribution in [3.63, 3.8) is 0 Å². The minimum atomic E-state index is 0.306. The van der Waals surface area contributed by atoms with E-state index in [1.165, 1.54) is 19.4 Å². The van der Waals surface area contributed by atoms with Crippen LogP contribution in [0, 0.1) is 5.92 Å². The molecular weight excluding hydrogens is 136 g/mol. The molecule has 1 heterocycles. The van der Waals surface area contributed by atoms with Gasteiger partial charge in [-0.05, 0) is 32.4 Å². The SMILES string of the molecule is CC(C)C1(CN)CCCN1C. The zero-order valence-electron chi connectivity index (χ0n) is 7.93. The molecule has 2 N–H and O–H groups in total. The van der Waals surface area contributed by atoms with Gasteiger partial charge in [-0.15, -0.1) is 0 Å². The minimum Gasteiger partial charge on any atom is -0.329 e. The molecule has 0 amide bonds. The Morgan fingerprint density at radius 3 is 2.36 bits per heavy atom. The van der Waals surface area contributed by atoms with E-state index < -0.39 is 0 Å². The molecule has 1 aliphatic heterocycles. The molecule has 11 heavy (non-hydrogen) atoms. The summed E-state index contributed by atoms with van der Waals surface area (Å²) in [5, 5.41) is 0. The molecule has 0 aromatic carbocycles. The van der Waals surface area contributed by atoms with Gasteiger partial charge in [0, 0.05) is 12.1 Å². The van der Waals surface area contributed by atoms with Crippen LogP contribution in [0.3, 0.4) is 0 Å². The monoisotopic (exact) mass is 156 g/mol. The summed E-state index contributed by atoms with van der Waals surface area (Å²) in [5.74, 6) is 0.681. The van der Waals surface area contributed by atoms with Gasteiger partial charge in [0.15, 0.2) is 0 Å². The topological polar surface area (TPSA) is 29.3 Å². The van der Waals surface area contributed by atoms with Gasteiger partial charge in [-0.2, -0.15) is 0 Å². The van der Waals surface area contributed by atoms with Crippen molar-refractivity contribution in [2.45, 2.75) is 32.2 Å². The summed E-state index contributed by atoms with van der Waals surface area (Å²) in [6, 6.07) is 0. The Labute approximate surface area is 69.8 Å². The van der Waals surface area contributed by atoms with Crippen LogP contribution in [-0.2, 0) is 0 Å². The van der Waals surface area contributed by atoms with E-state index in [1.54, 1.807) is 0 Å². The molecule has 2 nitrogen and oxygen atoms in total. The van der Waals surface area contributed by atoms with Crippen LogP contribution in [0.5, 0.6) is 0 Å². The number of nitrogens with two attached hydrogens (primary N) is 1. The van der Waals surface area contributed by atoms with Crippen molar-refractivity contribution in [3.05, 3.63) is 0 Å². The first-order valence-corrected chi connectivity index (χ1v) is 4.55. The molecule has 0 aliphatic carbocycles. The lowest BCUT2D eigenvalue weighted by Gasteiger charge is -2.39. The van der Waals surface area contributed by atoms with E-state index >= 15 is 0 Å². The first-order chi connectivity index (χ1) is 5.13. The molecule has 1 unspecified atom stereocenters. The van der Waals surface area contributed by atoms with Crippen molar-refractivity contribution in [2.24, 2.45) is 11.7 Å². The van der Waals surface area contributed by atoms with Gasteiger partial charge < -0.3 is 5.73 Å². The molecule has 1 aliphatic rings. The summed E-state index contributed by atoms with van der Waals surface area (Å²) in [6.07, 6.45) is 2.59. The highest BCUT2D eigenvalue weighted by atomic mass is 15.2. The number of hydrogen-bond donors (Lipinski definition) is 1. The number of hydrogen-bond acceptors (Lipinski definition) is 2. The van der Waals surface area contributed by atoms with Gasteiger partial charge >= 0.3 is 0 Å². The Balaban J connectivity index is 2.73. The van der Waals surface area contributed by atoms with Crippen LogP contribution in [0.25, 0.3) is 0 Å². The second kappa shape index (κ2) is 3.11. The third kappa shape index (κ3) is 1.30.